The van der Waals surface area contributed by atoms with Crippen LogP contribution >= 0.6 is 0 Å². The lowest BCUT2D eigenvalue weighted by Gasteiger charge is -2.21. The minimum absolute atomic E-state index is 0.234. The highest BCUT2D eigenvalue weighted by atomic mass is 16.3. The Hall–Kier alpha value is -2.30. The average Bonchev–Trinajstić information content (AvgIpc) is 2.29. The van der Waals surface area contributed by atoms with E-state index in [1.54, 1.807) is 30.6 Å². The molecule has 0 bridgehead atoms. The van der Waals surface area contributed by atoms with Gasteiger partial charge in [-0.2, -0.15) is 0 Å². The van der Waals surface area contributed by atoms with Crippen molar-refractivity contribution in [2.24, 2.45) is 5.73 Å². The Bertz CT molecular complexity index is 477. The van der Waals surface area contributed by atoms with Crippen LogP contribution in [0.4, 0.5) is 0 Å². The summed E-state index contributed by atoms with van der Waals surface area (Å²) >= 11 is 0. The molecule has 0 aromatic carbocycles. The molecular weight excluding hydrogens is 218 g/mol. The second kappa shape index (κ2) is 4.69. The highest BCUT2D eigenvalue weighted by Gasteiger charge is 2.06. The van der Waals surface area contributed by atoms with E-state index < -0.39 is 5.91 Å². The van der Waals surface area contributed by atoms with E-state index in [4.69, 9.17) is 5.73 Å². The summed E-state index contributed by atoms with van der Waals surface area (Å²) < 4.78 is 0. The third-order valence-corrected chi connectivity index (χ3v) is 2.41. The first-order valence-electron chi connectivity index (χ1n) is 5.21. The molecule has 2 heterocycles. The Kier molecular flexibility index (Phi) is 3.09. The van der Waals surface area contributed by atoms with Gasteiger partial charge in [0.2, 0.25) is 0 Å². The third kappa shape index (κ3) is 2.84. The fourth-order valence-corrected chi connectivity index (χ4v) is 1.60. The number of carbonyl (C=O) groups excluding carboxylic acids is 1. The fourth-order valence-electron chi connectivity index (χ4n) is 1.60. The number of allylic oxidation sites excluding steroid dienone is 1. The van der Waals surface area contributed by atoms with E-state index >= 15 is 0 Å². The summed E-state index contributed by atoms with van der Waals surface area (Å²) in [6, 6.07) is 3.40. The van der Waals surface area contributed by atoms with Crippen LogP contribution in [0.15, 0.2) is 42.4 Å². The van der Waals surface area contributed by atoms with Crippen molar-refractivity contribution in [3.05, 3.63) is 53.7 Å². The standard InChI is InChI=1S/C12H13N3O2/c13-12(17)11-4-3-9(6-14-11)7-15-5-1-2-10(16)8-15/h1-4,6,8,16H,5,7H2,(H2,13,17). The molecule has 0 spiro atoms. The van der Waals surface area contributed by atoms with Crippen LogP contribution in [0.1, 0.15) is 16.1 Å². The quantitative estimate of drug-likeness (QED) is 0.811. The molecule has 17 heavy (non-hydrogen) atoms. The molecular formula is C12H13N3O2. The molecule has 1 aliphatic rings. The summed E-state index contributed by atoms with van der Waals surface area (Å²) in [5, 5.41) is 9.33. The van der Waals surface area contributed by atoms with Crippen molar-refractivity contribution in [3.63, 3.8) is 0 Å². The Morgan fingerprint density at radius 3 is 2.94 bits per heavy atom. The van der Waals surface area contributed by atoms with E-state index in [2.05, 4.69) is 4.98 Å². The van der Waals surface area contributed by atoms with Gasteiger partial charge in [-0.15, -0.1) is 0 Å². The van der Waals surface area contributed by atoms with Crippen LogP contribution in [0.3, 0.4) is 0 Å². The zero-order valence-electron chi connectivity index (χ0n) is 9.21. The summed E-state index contributed by atoms with van der Waals surface area (Å²) in [5.74, 6) is -0.298. The molecule has 0 unspecified atom stereocenters. The number of aliphatic hydroxyl groups is 1. The molecule has 0 fully saturated rings. The van der Waals surface area contributed by atoms with Gasteiger partial charge in [0.15, 0.2) is 0 Å². The largest absolute Gasteiger partial charge is 0.506 e. The molecule has 2 rings (SSSR count). The maximum absolute atomic E-state index is 10.8. The summed E-state index contributed by atoms with van der Waals surface area (Å²) in [5.41, 5.74) is 6.31. The molecule has 1 aliphatic heterocycles. The zero-order valence-corrected chi connectivity index (χ0v) is 9.21. The van der Waals surface area contributed by atoms with Crippen LogP contribution < -0.4 is 5.73 Å². The van der Waals surface area contributed by atoms with Crippen LogP contribution in [0.5, 0.6) is 0 Å². The van der Waals surface area contributed by atoms with E-state index in [0.29, 0.717) is 6.54 Å². The van der Waals surface area contributed by atoms with Gasteiger partial charge in [-0.25, -0.2) is 0 Å². The number of pyridine rings is 1. The van der Waals surface area contributed by atoms with Gasteiger partial charge in [0.25, 0.3) is 5.91 Å². The van der Waals surface area contributed by atoms with Gasteiger partial charge in [0, 0.05) is 25.5 Å². The number of nitrogens with two attached hydrogens (primary N) is 1. The minimum Gasteiger partial charge on any atom is -0.506 e. The first-order valence-corrected chi connectivity index (χ1v) is 5.21. The summed E-state index contributed by atoms with van der Waals surface area (Å²) in [6.45, 7) is 1.36. The van der Waals surface area contributed by atoms with Crippen LogP contribution in [0, 0.1) is 0 Å². The lowest BCUT2D eigenvalue weighted by molar-refractivity contribution is 0.0995. The SMILES string of the molecule is NC(=O)c1ccc(CN2C=C(O)C=CC2)cn1. The van der Waals surface area contributed by atoms with Crippen LogP contribution in [0.2, 0.25) is 0 Å². The number of aliphatic hydroxyl groups excluding tert-OH is 1. The molecule has 0 saturated carbocycles. The van der Waals surface area contributed by atoms with Gasteiger partial charge < -0.3 is 15.7 Å². The molecule has 88 valence electrons. The van der Waals surface area contributed by atoms with Crippen molar-refractivity contribution in [1.82, 2.24) is 9.88 Å². The molecule has 0 aliphatic carbocycles. The van der Waals surface area contributed by atoms with Crippen LogP contribution in [0.25, 0.3) is 0 Å². The molecule has 5 heteroatoms. The van der Waals surface area contributed by atoms with Gasteiger partial charge in [-0.3, -0.25) is 9.78 Å². The van der Waals surface area contributed by atoms with Gasteiger partial charge in [0.05, 0.1) is 0 Å². The summed E-state index contributed by atoms with van der Waals surface area (Å²) in [4.78, 5) is 16.7. The number of nitrogens with zero attached hydrogens (tertiary/aromatic N) is 2. The zero-order chi connectivity index (χ0) is 12.3. The second-order valence-electron chi connectivity index (χ2n) is 3.80. The van der Waals surface area contributed by atoms with E-state index in [9.17, 15) is 9.90 Å². The van der Waals surface area contributed by atoms with Crippen molar-refractivity contribution in [3.8, 4) is 0 Å². The molecule has 0 saturated heterocycles. The molecule has 3 N–H and O–H groups in total. The van der Waals surface area contributed by atoms with Gasteiger partial charge in [-0.05, 0) is 17.7 Å². The van der Waals surface area contributed by atoms with Crippen molar-refractivity contribution in [1.29, 1.82) is 0 Å². The van der Waals surface area contributed by atoms with Crippen LogP contribution in [-0.2, 0) is 6.54 Å². The average molecular weight is 231 g/mol. The van der Waals surface area contributed by atoms with E-state index in [1.165, 1.54) is 0 Å². The molecule has 5 nitrogen and oxygen atoms in total. The Morgan fingerprint density at radius 1 is 1.53 bits per heavy atom. The number of amides is 1. The first-order chi connectivity index (χ1) is 8.15. The fraction of sp³-hybridized carbons (Fsp3) is 0.167. The number of primary amides is 1. The highest BCUT2D eigenvalue weighted by Crippen LogP contribution is 2.10. The number of hydrogen-bond donors (Lipinski definition) is 2. The van der Waals surface area contributed by atoms with Gasteiger partial charge in [0.1, 0.15) is 11.5 Å². The van der Waals surface area contributed by atoms with Gasteiger partial charge >= 0.3 is 0 Å². The predicted molar refractivity (Wildman–Crippen MR) is 63.0 cm³/mol. The predicted octanol–water partition coefficient (Wildman–Crippen LogP) is 0.952. The highest BCUT2D eigenvalue weighted by molar-refractivity contribution is 5.90. The lowest BCUT2D eigenvalue weighted by Crippen LogP contribution is -2.20. The van der Waals surface area contributed by atoms with Crippen molar-refractivity contribution >= 4 is 5.91 Å². The number of aromatic nitrogens is 1. The minimum atomic E-state index is -0.532. The third-order valence-electron chi connectivity index (χ3n) is 2.41. The lowest BCUT2D eigenvalue weighted by atomic mass is 10.2. The Balaban J connectivity index is 2.04. The molecule has 1 aromatic rings. The number of carbonyl (C=O) groups is 1. The van der Waals surface area contributed by atoms with Crippen molar-refractivity contribution in [2.75, 3.05) is 6.54 Å². The molecule has 0 atom stereocenters. The summed E-state index contributed by atoms with van der Waals surface area (Å²) in [6.07, 6.45) is 6.82. The topological polar surface area (TPSA) is 79.5 Å². The van der Waals surface area contributed by atoms with Crippen molar-refractivity contribution < 1.29 is 9.90 Å². The van der Waals surface area contributed by atoms with Crippen LogP contribution in [-0.4, -0.2) is 27.4 Å². The van der Waals surface area contributed by atoms with Crippen molar-refractivity contribution in [2.45, 2.75) is 6.54 Å². The van der Waals surface area contributed by atoms with E-state index in [-0.39, 0.29) is 11.5 Å². The maximum Gasteiger partial charge on any atom is 0.267 e. The number of hydrogen-bond acceptors (Lipinski definition) is 4. The molecule has 0 radical (unpaired) electrons. The molecule has 1 aromatic heterocycles. The molecule has 1 amide bonds. The Labute approximate surface area is 98.9 Å². The van der Waals surface area contributed by atoms with E-state index in [0.717, 1.165) is 12.1 Å². The maximum atomic E-state index is 10.8. The second-order valence-corrected chi connectivity index (χ2v) is 3.80. The monoisotopic (exact) mass is 231 g/mol. The normalized spacial score (nSPS) is 14.6. The number of rotatable bonds is 3. The Morgan fingerprint density at radius 2 is 2.35 bits per heavy atom. The summed E-state index contributed by atoms with van der Waals surface area (Å²) in [7, 11) is 0. The van der Waals surface area contributed by atoms with E-state index in [1.807, 2.05) is 11.0 Å². The van der Waals surface area contributed by atoms with Gasteiger partial charge in [-0.1, -0.05) is 12.1 Å². The first kappa shape index (κ1) is 11.2. The smallest absolute Gasteiger partial charge is 0.267 e.